The summed E-state index contributed by atoms with van der Waals surface area (Å²) in [5.41, 5.74) is 0. The lowest BCUT2D eigenvalue weighted by molar-refractivity contribution is 0.117. The molecule has 0 aliphatic carbocycles. The van der Waals surface area contributed by atoms with E-state index in [9.17, 15) is 5.11 Å². The Morgan fingerprint density at radius 3 is 3.06 bits per heavy atom. The zero-order valence-corrected chi connectivity index (χ0v) is 10.1. The highest BCUT2D eigenvalue weighted by molar-refractivity contribution is 5.00. The largest absolute Gasteiger partial charge is 0.392 e. The van der Waals surface area contributed by atoms with Crippen LogP contribution in [0, 0.1) is 0 Å². The van der Waals surface area contributed by atoms with Crippen LogP contribution in [-0.2, 0) is 19.5 Å². The Balaban J connectivity index is 1.93. The van der Waals surface area contributed by atoms with Crippen LogP contribution in [0.5, 0.6) is 0 Å². The van der Waals surface area contributed by atoms with E-state index in [-0.39, 0.29) is 6.10 Å². The van der Waals surface area contributed by atoms with E-state index in [1.807, 2.05) is 14.0 Å². The number of aromatic nitrogens is 3. The summed E-state index contributed by atoms with van der Waals surface area (Å²) in [6, 6.07) is 0. The van der Waals surface area contributed by atoms with Gasteiger partial charge < -0.3 is 9.67 Å². The van der Waals surface area contributed by atoms with Gasteiger partial charge >= 0.3 is 0 Å². The molecule has 1 N–H and O–H groups in total. The van der Waals surface area contributed by atoms with Gasteiger partial charge in [0.05, 0.1) is 12.6 Å². The number of fused-ring (bicyclic) bond motifs is 1. The second kappa shape index (κ2) is 4.93. The van der Waals surface area contributed by atoms with E-state index in [0.29, 0.717) is 6.54 Å². The van der Waals surface area contributed by atoms with Crippen LogP contribution in [-0.4, -0.2) is 44.5 Å². The van der Waals surface area contributed by atoms with E-state index >= 15 is 0 Å². The van der Waals surface area contributed by atoms with Crippen LogP contribution in [0.1, 0.15) is 31.4 Å². The number of likely N-dealkylation sites (N-methyl/N-ethyl adjacent to an activating group) is 1. The third-order valence-corrected chi connectivity index (χ3v) is 3.09. The van der Waals surface area contributed by atoms with Crippen molar-refractivity contribution in [3.05, 3.63) is 11.6 Å². The number of aliphatic hydroxyl groups is 1. The Morgan fingerprint density at radius 1 is 1.50 bits per heavy atom. The fourth-order valence-corrected chi connectivity index (χ4v) is 2.12. The van der Waals surface area contributed by atoms with Crippen LogP contribution < -0.4 is 0 Å². The lowest BCUT2D eigenvalue weighted by Crippen LogP contribution is -2.29. The van der Waals surface area contributed by atoms with Crippen molar-refractivity contribution >= 4 is 0 Å². The van der Waals surface area contributed by atoms with Gasteiger partial charge in [-0.25, -0.2) is 0 Å². The Kier molecular flexibility index (Phi) is 3.56. The number of aliphatic hydroxyl groups excluding tert-OH is 1. The molecule has 5 heteroatoms. The minimum absolute atomic E-state index is 0.244. The van der Waals surface area contributed by atoms with Crippen LogP contribution in [0.25, 0.3) is 0 Å². The zero-order valence-electron chi connectivity index (χ0n) is 10.1. The maximum atomic E-state index is 9.57. The minimum Gasteiger partial charge on any atom is -0.392 e. The molecule has 0 bridgehead atoms. The Bertz CT molecular complexity index is 350. The molecule has 5 nitrogen and oxygen atoms in total. The molecule has 1 aromatic heterocycles. The average molecular weight is 224 g/mol. The van der Waals surface area contributed by atoms with E-state index in [2.05, 4.69) is 19.7 Å². The molecule has 2 rings (SSSR count). The van der Waals surface area contributed by atoms with E-state index in [1.165, 1.54) is 6.42 Å². The summed E-state index contributed by atoms with van der Waals surface area (Å²) < 4.78 is 2.20. The summed E-state index contributed by atoms with van der Waals surface area (Å²) in [6.07, 6.45) is 2.78. The summed E-state index contributed by atoms with van der Waals surface area (Å²) in [4.78, 5) is 2.10. The van der Waals surface area contributed by atoms with Crippen molar-refractivity contribution in [1.29, 1.82) is 0 Å². The second-order valence-electron chi connectivity index (χ2n) is 4.55. The minimum atomic E-state index is -0.244. The van der Waals surface area contributed by atoms with Gasteiger partial charge in [0.25, 0.3) is 0 Å². The normalized spacial score (nSPS) is 16.8. The highest BCUT2D eigenvalue weighted by Crippen LogP contribution is 2.14. The van der Waals surface area contributed by atoms with Gasteiger partial charge in [0, 0.05) is 19.5 Å². The lowest BCUT2D eigenvalue weighted by atomic mass is 10.2. The summed E-state index contributed by atoms with van der Waals surface area (Å²) in [5.74, 6) is 2.14. The van der Waals surface area contributed by atoms with Gasteiger partial charge in [-0.2, -0.15) is 0 Å². The second-order valence-corrected chi connectivity index (χ2v) is 4.55. The molecule has 0 saturated carbocycles. The summed E-state index contributed by atoms with van der Waals surface area (Å²) in [5, 5.41) is 17.9. The number of aryl methyl sites for hydroxylation is 1. The summed E-state index contributed by atoms with van der Waals surface area (Å²) in [6.45, 7) is 4.50. The van der Waals surface area contributed by atoms with Crippen LogP contribution in [0.3, 0.4) is 0 Å². The standard InChI is InChI=1S/C11H20N4O/c1-3-9(16)7-14(2)8-11-13-12-10-5-4-6-15(10)11/h9,16H,3-8H2,1-2H3/t9-/m0/s1. The third-order valence-electron chi connectivity index (χ3n) is 3.09. The molecule has 2 heterocycles. The van der Waals surface area contributed by atoms with Gasteiger partial charge in [0.2, 0.25) is 0 Å². The number of nitrogens with zero attached hydrogens (tertiary/aromatic N) is 4. The maximum absolute atomic E-state index is 9.57. The van der Waals surface area contributed by atoms with Gasteiger partial charge in [-0.05, 0) is 19.9 Å². The monoisotopic (exact) mass is 224 g/mol. The zero-order chi connectivity index (χ0) is 11.5. The predicted octanol–water partition coefficient (Wildman–Crippen LogP) is 0.427. The molecule has 16 heavy (non-hydrogen) atoms. The smallest absolute Gasteiger partial charge is 0.147 e. The van der Waals surface area contributed by atoms with Crippen LogP contribution in [0.15, 0.2) is 0 Å². The molecule has 0 radical (unpaired) electrons. The quantitative estimate of drug-likeness (QED) is 0.788. The lowest BCUT2D eigenvalue weighted by Gasteiger charge is -2.19. The van der Waals surface area contributed by atoms with Crippen molar-refractivity contribution in [3.8, 4) is 0 Å². The summed E-state index contributed by atoms with van der Waals surface area (Å²) >= 11 is 0. The Labute approximate surface area is 96.1 Å². The van der Waals surface area contributed by atoms with Gasteiger partial charge in [0.1, 0.15) is 11.6 Å². The van der Waals surface area contributed by atoms with Crippen molar-refractivity contribution < 1.29 is 5.11 Å². The molecule has 0 spiro atoms. The SMILES string of the molecule is CC[C@H](O)CN(C)Cc1nnc2n1CCC2. The first-order chi connectivity index (χ1) is 7.70. The highest BCUT2D eigenvalue weighted by atomic mass is 16.3. The van der Waals surface area contributed by atoms with Crippen molar-refractivity contribution in [2.75, 3.05) is 13.6 Å². The van der Waals surface area contributed by atoms with E-state index < -0.39 is 0 Å². The maximum Gasteiger partial charge on any atom is 0.147 e. The summed E-state index contributed by atoms with van der Waals surface area (Å²) in [7, 11) is 2.01. The third kappa shape index (κ3) is 2.41. The molecule has 90 valence electrons. The van der Waals surface area contributed by atoms with Crippen molar-refractivity contribution in [1.82, 2.24) is 19.7 Å². The number of hydrogen-bond acceptors (Lipinski definition) is 4. The molecule has 0 unspecified atom stereocenters. The molecule has 0 aromatic carbocycles. The van der Waals surface area contributed by atoms with Crippen molar-refractivity contribution in [2.45, 2.75) is 45.4 Å². The van der Waals surface area contributed by atoms with Crippen LogP contribution in [0.4, 0.5) is 0 Å². The fraction of sp³-hybridized carbons (Fsp3) is 0.818. The first kappa shape index (κ1) is 11.5. The van der Waals surface area contributed by atoms with Crippen LogP contribution >= 0.6 is 0 Å². The first-order valence-corrected chi connectivity index (χ1v) is 5.98. The molecule has 1 aromatic rings. The van der Waals surface area contributed by atoms with Crippen molar-refractivity contribution in [3.63, 3.8) is 0 Å². The van der Waals surface area contributed by atoms with E-state index in [4.69, 9.17) is 0 Å². The molecule has 1 atom stereocenters. The number of rotatable bonds is 5. The van der Waals surface area contributed by atoms with E-state index in [0.717, 1.165) is 37.6 Å². The van der Waals surface area contributed by atoms with Crippen LogP contribution in [0.2, 0.25) is 0 Å². The van der Waals surface area contributed by atoms with E-state index in [1.54, 1.807) is 0 Å². The van der Waals surface area contributed by atoms with Gasteiger partial charge in [-0.1, -0.05) is 6.92 Å². The first-order valence-electron chi connectivity index (χ1n) is 5.98. The van der Waals surface area contributed by atoms with Crippen molar-refractivity contribution in [2.24, 2.45) is 0 Å². The predicted molar refractivity (Wildman–Crippen MR) is 61.0 cm³/mol. The molecule has 1 aliphatic rings. The topological polar surface area (TPSA) is 54.2 Å². The Morgan fingerprint density at radius 2 is 2.31 bits per heavy atom. The molecule has 0 fully saturated rings. The van der Waals surface area contributed by atoms with Gasteiger partial charge in [0.15, 0.2) is 0 Å². The fourth-order valence-electron chi connectivity index (χ4n) is 2.12. The molecular weight excluding hydrogens is 204 g/mol. The van der Waals surface area contributed by atoms with Gasteiger partial charge in [-0.3, -0.25) is 4.90 Å². The molecule has 1 aliphatic heterocycles. The number of hydrogen-bond donors (Lipinski definition) is 1. The molecule has 0 saturated heterocycles. The average Bonchev–Trinajstić information content (AvgIpc) is 2.82. The van der Waals surface area contributed by atoms with Gasteiger partial charge in [-0.15, -0.1) is 10.2 Å². The molecule has 0 amide bonds. The Hall–Kier alpha value is -0.940. The highest BCUT2D eigenvalue weighted by Gasteiger charge is 2.18. The molecular formula is C11H20N4O.